The van der Waals surface area contributed by atoms with Gasteiger partial charge in [-0.3, -0.25) is 14.5 Å². The number of fused-ring (bicyclic) bond motifs is 1. The summed E-state index contributed by atoms with van der Waals surface area (Å²) in [7, 11) is 0. The summed E-state index contributed by atoms with van der Waals surface area (Å²) < 4.78 is 5.48. The summed E-state index contributed by atoms with van der Waals surface area (Å²) in [6.07, 6.45) is 4.28. The number of ether oxygens (including phenoxy) is 1. The van der Waals surface area contributed by atoms with Crippen LogP contribution in [0.2, 0.25) is 0 Å². The lowest BCUT2D eigenvalue weighted by molar-refractivity contribution is -0.134. The molecule has 2 aromatic heterocycles. The molecule has 2 amide bonds. The molecule has 0 saturated carbocycles. The highest BCUT2D eigenvalue weighted by atomic mass is 16.5. The Labute approximate surface area is 210 Å². The van der Waals surface area contributed by atoms with E-state index in [1.165, 1.54) is 0 Å². The highest BCUT2D eigenvalue weighted by Crippen LogP contribution is 2.35. The zero-order valence-electron chi connectivity index (χ0n) is 20.7. The smallest absolute Gasteiger partial charge is 0.228 e. The summed E-state index contributed by atoms with van der Waals surface area (Å²) in [4.78, 5) is 51.9. The topological polar surface area (TPSA) is 134 Å². The van der Waals surface area contributed by atoms with Crippen LogP contribution in [-0.2, 0) is 20.7 Å². The first-order valence-corrected chi connectivity index (χ1v) is 12.7. The van der Waals surface area contributed by atoms with Crippen molar-refractivity contribution in [3.8, 4) is 11.3 Å². The van der Waals surface area contributed by atoms with Gasteiger partial charge in [-0.2, -0.15) is 4.98 Å². The molecule has 0 unspecified atom stereocenters. The fraction of sp³-hybridized carbons (Fsp3) is 0.583. The first kappa shape index (κ1) is 24.3. The SMILES string of the molecule is CCN1CCN(C(=O)CCC(=O)N2CCc3c(-c4cnc(N)nc4)nc(N4CCOCC4)nc32)CC1. The number of piperazine rings is 1. The molecule has 0 atom stereocenters. The number of carbonyl (C=O) groups excluding carboxylic acids is 2. The minimum absolute atomic E-state index is 0.0370. The average Bonchev–Trinajstić information content (AvgIpc) is 3.36. The number of aromatic nitrogens is 4. The van der Waals surface area contributed by atoms with E-state index in [1.807, 2.05) is 4.90 Å². The van der Waals surface area contributed by atoms with Gasteiger partial charge in [-0.25, -0.2) is 15.0 Å². The van der Waals surface area contributed by atoms with Crippen LogP contribution < -0.4 is 15.5 Å². The molecule has 3 aliphatic rings. The molecule has 3 aliphatic heterocycles. The van der Waals surface area contributed by atoms with Gasteiger partial charge in [0.1, 0.15) is 5.82 Å². The highest BCUT2D eigenvalue weighted by molar-refractivity contribution is 5.97. The van der Waals surface area contributed by atoms with Gasteiger partial charge in [0.15, 0.2) is 0 Å². The van der Waals surface area contributed by atoms with Crippen molar-refractivity contribution in [2.24, 2.45) is 0 Å². The van der Waals surface area contributed by atoms with E-state index in [9.17, 15) is 9.59 Å². The Kier molecular flexibility index (Phi) is 7.23. The number of likely N-dealkylation sites (N-methyl/N-ethyl adjacent to an activating group) is 1. The van der Waals surface area contributed by atoms with Crippen molar-refractivity contribution < 1.29 is 14.3 Å². The molecule has 192 valence electrons. The number of hydrogen-bond donors (Lipinski definition) is 1. The quantitative estimate of drug-likeness (QED) is 0.592. The molecular formula is C24H33N9O3. The van der Waals surface area contributed by atoms with E-state index < -0.39 is 0 Å². The second kappa shape index (κ2) is 10.7. The van der Waals surface area contributed by atoms with E-state index in [-0.39, 0.29) is 30.6 Å². The van der Waals surface area contributed by atoms with E-state index in [1.54, 1.807) is 17.3 Å². The molecular weight excluding hydrogens is 462 g/mol. The van der Waals surface area contributed by atoms with Gasteiger partial charge in [-0.15, -0.1) is 0 Å². The molecule has 5 rings (SSSR count). The predicted molar refractivity (Wildman–Crippen MR) is 134 cm³/mol. The normalized spacial score (nSPS) is 18.4. The first-order valence-electron chi connectivity index (χ1n) is 12.7. The molecule has 2 N–H and O–H groups in total. The molecule has 12 heteroatoms. The minimum atomic E-state index is -0.0968. The molecule has 2 aromatic rings. The van der Waals surface area contributed by atoms with Crippen LogP contribution >= 0.6 is 0 Å². The fourth-order valence-electron chi connectivity index (χ4n) is 4.91. The standard InChI is InChI=1S/C24H33N9O3/c1-2-30-7-9-31(10-8-30)19(34)3-4-20(35)33-6-5-18-21(17-15-26-23(25)27-16-17)28-24(29-22(18)33)32-11-13-36-14-12-32/h15-16H,2-14H2,1H3,(H2,25,26,27). The van der Waals surface area contributed by atoms with Gasteiger partial charge in [-0.05, 0) is 13.0 Å². The molecule has 0 aromatic carbocycles. The van der Waals surface area contributed by atoms with Crippen LogP contribution in [0.4, 0.5) is 17.7 Å². The Morgan fingerprint density at radius 3 is 2.33 bits per heavy atom. The van der Waals surface area contributed by atoms with Crippen LogP contribution in [0.3, 0.4) is 0 Å². The third kappa shape index (κ3) is 5.09. The lowest BCUT2D eigenvalue weighted by atomic mass is 10.1. The number of amides is 2. The summed E-state index contributed by atoms with van der Waals surface area (Å²) in [6, 6.07) is 0. The van der Waals surface area contributed by atoms with E-state index in [2.05, 4.69) is 26.7 Å². The Hall–Kier alpha value is -3.38. The van der Waals surface area contributed by atoms with Gasteiger partial charge in [0.05, 0.1) is 18.9 Å². The second-order valence-corrected chi connectivity index (χ2v) is 9.21. The second-order valence-electron chi connectivity index (χ2n) is 9.21. The Morgan fingerprint density at radius 2 is 1.64 bits per heavy atom. The van der Waals surface area contributed by atoms with Crippen LogP contribution in [0, 0.1) is 0 Å². The summed E-state index contributed by atoms with van der Waals surface area (Å²) in [5.41, 5.74) is 8.01. The predicted octanol–water partition coefficient (Wildman–Crippen LogP) is 0.186. The van der Waals surface area contributed by atoms with Gasteiger partial charge in [0, 0.05) is 82.2 Å². The molecule has 0 radical (unpaired) electrons. The zero-order chi connectivity index (χ0) is 25.1. The Balaban J connectivity index is 1.35. The molecule has 12 nitrogen and oxygen atoms in total. The number of carbonyl (C=O) groups is 2. The monoisotopic (exact) mass is 495 g/mol. The van der Waals surface area contributed by atoms with Crippen molar-refractivity contribution >= 4 is 29.5 Å². The average molecular weight is 496 g/mol. The molecule has 2 saturated heterocycles. The van der Waals surface area contributed by atoms with Crippen molar-refractivity contribution in [1.29, 1.82) is 0 Å². The molecule has 5 heterocycles. The van der Waals surface area contributed by atoms with Gasteiger partial charge < -0.3 is 25.2 Å². The highest BCUT2D eigenvalue weighted by Gasteiger charge is 2.32. The molecule has 2 fully saturated rings. The third-order valence-electron chi connectivity index (χ3n) is 7.08. The number of nitrogens with zero attached hydrogens (tertiary/aromatic N) is 8. The van der Waals surface area contributed by atoms with Crippen LogP contribution in [-0.4, -0.2) is 107 Å². The van der Waals surface area contributed by atoms with Crippen molar-refractivity contribution in [3.05, 3.63) is 18.0 Å². The number of nitrogens with two attached hydrogens (primary N) is 1. The molecule has 0 bridgehead atoms. The Morgan fingerprint density at radius 1 is 0.944 bits per heavy atom. The summed E-state index contributed by atoms with van der Waals surface area (Å²) in [6.45, 7) is 9.36. The molecule has 0 aliphatic carbocycles. The first-order chi connectivity index (χ1) is 17.5. The van der Waals surface area contributed by atoms with E-state index in [0.717, 1.165) is 43.9 Å². The van der Waals surface area contributed by atoms with Crippen LogP contribution in [0.15, 0.2) is 12.4 Å². The van der Waals surface area contributed by atoms with Crippen LogP contribution in [0.5, 0.6) is 0 Å². The van der Waals surface area contributed by atoms with Gasteiger partial charge in [-0.1, -0.05) is 6.92 Å². The maximum Gasteiger partial charge on any atom is 0.228 e. The molecule has 36 heavy (non-hydrogen) atoms. The van der Waals surface area contributed by atoms with E-state index >= 15 is 0 Å². The van der Waals surface area contributed by atoms with Crippen LogP contribution in [0.25, 0.3) is 11.3 Å². The largest absolute Gasteiger partial charge is 0.378 e. The maximum atomic E-state index is 13.3. The zero-order valence-corrected chi connectivity index (χ0v) is 20.7. The van der Waals surface area contributed by atoms with Crippen molar-refractivity contribution in [1.82, 2.24) is 29.7 Å². The number of anilines is 3. The van der Waals surface area contributed by atoms with E-state index in [0.29, 0.717) is 56.7 Å². The summed E-state index contributed by atoms with van der Waals surface area (Å²) >= 11 is 0. The van der Waals surface area contributed by atoms with Crippen molar-refractivity contribution in [2.45, 2.75) is 26.2 Å². The number of nitrogen functional groups attached to an aromatic ring is 1. The fourth-order valence-corrected chi connectivity index (χ4v) is 4.91. The van der Waals surface area contributed by atoms with Crippen LogP contribution in [0.1, 0.15) is 25.3 Å². The maximum absolute atomic E-state index is 13.3. The lowest BCUT2D eigenvalue weighted by Gasteiger charge is -2.34. The van der Waals surface area contributed by atoms with Gasteiger partial charge >= 0.3 is 0 Å². The summed E-state index contributed by atoms with van der Waals surface area (Å²) in [5, 5.41) is 0. The van der Waals surface area contributed by atoms with Gasteiger partial charge in [0.25, 0.3) is 0 Å². The lowest BCUT2D eigenvalue weighted by Crippen LogP contribution is -2.48. The van der Waals surface area contributed by atoms with Gasteiger partial charge in [0.2, 0.25) is 23.7 Å². The van der Waals surface area contributed by atoms with Crippen molar-refractivity contribution in [3.63, 3.8) is 0 Å². The molecule has 0 spiro atoms. The minimum Gasteiger partial charge on any atom is -0.378 e. The van der Waals surface area contributed by atoms with E-state index in [4.69, 9.17) is 20.4 Å². The third-order valence-corrected chi connectivity index (χ3v) is 7.08. The number of morpholine rings is 1. The number of hydrogen-bond acceptors (Lipinski definition) is 10. The Bertz CT molecular complexity index is 1100. The summed E-state index contributed by atoms with van der Waals surface area (Å²) in [5.74, 6) is 1.28. The van der Waals surface area contributed by atoms with Crippen molar-refractivity contribution in [2.75, 3.05) is 81.1 Å². The number of rotatable bonds is 6.